The SMILES string of the molecule is O=C(c1cccc2cn[nH]c12)N(CCO)CCc1ccccc1. The van der Waals surface area contributed by atoms with Gasteiger partial charge < -0.3 is 10.0 Å². The van der Waals surface area contributed by atoms with Crippen molar-refractivity contribution in [1.29, 1.82) is 0 Å². The Kier molecular flexibility index (Phi) is 4.68. The molecule has 0 radical (unpaired) electrons. The molecule has 0 unspecified atom stereocenters. The fraction of sp³-hybridized carbons (Fsp3) is 0.222. The molecule has 0 aliphatic heterocycles. The third-order valence-corrected chi connectivity index (χ3v) is 3.88. The average molecular weight is 309 g/mol. The summed E-state index contributed by atoms with van der Waals surface area (Å²) >= 11 is 0. The van der Waals surface area contributed by atoms with Crippen molar-refractivity contribution in [2.24, 2.45) is 0 Å². The summed E-state index contributed by atoms with van der Waals surface area (Å²) in [5.41, 5.74) is 2.49. The number of nitrogens with one attached hydrogen (secondary N) is 1. The minimum atomic E-state index is -0.0927. The lowest BCUT2D eigenvalue weighted by Crippen LogP contribution is -2.35. The summed E-state index contributed by atoms with van der Waals surface area (Å²) < 4.78 is 0. The number of hydrogen-bond acceptors (Lipinski definition) is 3. The molecule has 5 heteroatoms. The average Bonchev–Trinajstić information content (AvgIpc) is 3.07. The van der Waals surface area contributed by atoms with Crippen molar-refractivity contribution in [1.82, 2.24) is 15.1 Å². The lowest BCUT2D eigenvalue weighted by Gasteiger charge is -2.22. The summed E-state index contributed by atoms with van der Waals surface area (Å²) in [7, 11) is 0. The number of fused-ring (bicyclic) bond motifs is 1. The van der Waals surface area contributed by atoms with Crippen molar-refractivity contribution in [3.05, 3.63) is 65.9 Å². The molecule has 1 amide bonds. The van der Waals surface area contributed by atoms with Gasteiger partial charge in [-0.25, -0.2) is 0 Å². The predicted octanol–water partition coefficient (Wildman–Crippen LogP) is 2.24. The second kappa shape index (κ2) is 7.07. The lowest BCUT2D eigenvalue weighted by molar-refractivity contribution is 0.0725. The molecule has 1 aromatic heterocycles. The Balaban J connectivity index is 1.80. The molecule has 0 spiro atoms. The summed E-state index contributed by atoms with van der Waals surface area (Å²) in [5.74, 6) is -0.0927. The Labute approximate surface area is 134 Å². The van der Waals surface area contributed by atoms with Crippen LogP contribution in [0.25, 0.3) is 10.9 Å². The van der Waals surface area contributed by atoms with Crippen LogP contribution >= 0.6 is 0 Å². The fourth-order valence-corrected chi connectivity index (χ4v) is 2.66. The summed E-state index contributed by atoms with van der Waals surface area (Å²) in [6, 6.07) is 15.6. The highest BCUT2D eigenvalue weighted by Gasteiger charge is 2.18. The van der Waals surface area contributed by atoms with Crippen LogP contribution in [0.2, 0.25) is 0 Å². The molecule has 3 rings (SSSR count). The second-order valence-electron chi connectivity index (χ2n) is 5.39. The van der Waals surface area contributed by atoms with Gasteiger partial charge in [0, 0.05) is 18.5 Å². The Morgan fingerprint density at radius 3 is 2.70 bits per heavy atom. The number of aromatic nitrogens is 2. The summed E-state index contributed by atoms with van der Waals surface area (Å²) in [4.78, 5) is 14.5. The van der Waals surface area contributed by atoms with E-state index < -0.39 is 0 Å². The van der Waals surface area contributed by atoms with Gasteiger partial charge in [0.2, 0.25) is 0 Å². The largest absolute Gasteiger partial charge is 0.395 e. The van der Waals surface area contributed by atoms with Crippen molar-refractivity contribution in [2.45, 2.75) is 6.42 Å². The number of aliphatic hydroxyl groups is 1. The van der Waals surface area contributed by atoms with Gasteiger partial charge in [0.25, 0.3) is 5.91 Å². The Bertz CT molecular complexity index is 783. The monoisotopic (exact) mass is 309 g/mol. The van der Waals surface area contributed by atoms with Crippen LogP contribution < -0.4 is 0 Å². The molecule has 0 saturated heterocycles. The summed E-state index contributed by atoms with van der Waals surface area (Å²) in [6.45, 7) is 0.823. The number of carbonyl (C=O) groups is 1. The van der Waals surface area contributed by atoms with Gasteiger partial charge in [0.1, 0.15) is 0 Å². The Hall–Kier alpha value is -2.66. The van der Waals surface area contributed by atoms with Gasteiger partial charge in [-0.15, -0.1) is 0 Å². The van der Waals surface area contributed by atoms with E-state index >= 15 is 0 Å². The molecule has 2 aromatic carbocycles. The van der Waals surface area contributed by atoms with Crippen molar-refractivity contribution in [2.75, 3.05) is 19.7 Å². The first-order valence-electron chi connectivity index (χ1n) is 7.66. The fourth-order valence-electron chi connectivity index (χ4n) is 2.66. The maximum absolute atomic E-state index is 12.8. The van der Waals surface area contributed by atoms with Crippen LogP contribution in [-0.4, -0.2) is 45.8 Å². The van der Waals surface area contributed by atoms with Crippen LogP contribution in [0.3, 0.4) is 0 Å². The van der Waals surface area contributed by atoms with E-state index in [9.17, 15) is 9.90 Å². The van der Waals surface area contributed by atoms with Gasteiger partial charge >= 0.3 is 0 Å². The zero-order valence-corrected chi connectivity index (χ0v) is 12.8. The van der Waals surface area contributed by atoms with Crippen molar-refractivity contribution >= 4 is 16.8 Å². The van der Waals surface area contributed by atoms with E-state index in [2.05, 4.69) is 10.2 Å². The van der Waals surface area contributed by atoms with Crippen LogP contribution in [0.15, 0.2) is 54.7 Å². The number of H-pyrrole nitrogens is 1. The summed E-state index contributed by atoms with van der Waals surface area (Å²) in [6.07, 6.45) is 2.46. The highest BCUT2D eigenvalue weighted by atomic mass is 16.3. The van der Waals surface area contributed by atoms with E-state index in [-0.39, 0.29) is 12.5 Å². The highest BCUT2D eigenvalue weighted by Crippen LogP contribution is 2.17. The van der Waals surface area contributed by atoms with Crippen molar-refractivity contribution in [3.63, 3.8) is 0 Å². The molecule has 23 heavy (non-hydrogen) atoms. The predicted molar refractivity (Wildman–Crippen MR) is 89.2 cm³/mol. The number of aliphatic hydroxyl groups excluding tert-OH is 1. The third kappa shape index (κ3) is 3.40. The van der Waals surface area contributed by atoms with Crippen molar-refractivity contribution in [3.8, 4) is 0 Å². The minimum Gasteiger partial charge on any atom is -0.395 e. The first-order chi connectivity index (χ1) is 11.3. The molecule has 5 nitrogen and oxygen atoms in total. The number of aromatic amines is 1. The van der Waals surface area contributed by atoms with Gasteiger partial charge in [0.15, 0.2) is 0 Å². The van der Waals surface area contributed by atoms with Gasteiger partial charge in [-0.05, 0) is 18.1 Å². The molecule has 0 bridgehead atoms. The number of para-hydroxylation sites is 1. The molecule has 1 heterocycles. The van der Waals surface area contributed by atoms with E-state index in [1.807, 2.05) is 42.5 Å². The smallest absolute Gasteiger partial charge is 0.256 e. The number of hydrogen-bond donors (Lipinski definition) is 2. The molecule has 0 aliphatic rings. The summed E-state index contributed by atoms with van der Waals surface area (Å²) in [5, 5.41) is 17.1. The molecule has 0 fully saturated rings. The molecule has 0 saturated carbocycles. The van der Waals surface area contributed by atoms with Gasteiger partial charge in [-0.3, -0.25) is 9.89 Å². The van der Waals surface area contributed by atoms with E-state index in [0.29, 0.717) is 18.7 Å². The van der Waals surface area contributed by atoms with Gasteiger partial charge in [-0.1, -0.05) is 42.5 Å². The molecule has 2 N–H and O–H groups in total. The first-order valence-corrected chi connectivity index (χ1v) is 7.66. The number of benzene rings is 2. The molecular formula is C18H19N3O2. The maximum atomic E-state index is 12.8. The zero-order valence-electron chi connectivity index (χ0n) is 12.8. The van der Waals surface area contributed by atoms with E-state index in [0.717, 1.165) is 17.3 Å². The topological polar surface area (TPSA) is 69.2 Å². The Morgan fingerprint density at radius 1 is 1.09 bits per heavy atom. The molecule has 3 aromatic rings. The van der Waals surface area contributed by atoms with Gasteiger partial charge in [-0.2, -0.15) is 5.10 Å². The van der Waals surface area contributed by atoms with E-state index in [1.54, 1.807) is 17.2 Å². The molecule has 0 aliphatic carbocycles. The Morgan fingerprint density at radius 2 is 1.91 bits per heavy atom. The molecule has 0 atom stereocenters. The number of nitrogens with zero attached hydrogens (tertiary/aromatic N) is 2. The molecule has 118 valence electrons. The quantitative estimate of drug-likeness (QED) is 0.733. The van der Waals surface area contributed by atoms with Crippen LogP contribution in [0.1, 0.15) is 15.9 Å². The first kappa shape index (κ1) is 15.2. The van der Waals surface area contributed by atoms with E-state index in [4.69, 9.17) is 0 Å². The van der Waals surface area contributed by atoms with Crippen LogP contribution in [-0.2, 0) is 6.42 Å². The van der Waals surface area contributed by atoms with Gasteiger partial charge in [0.05, 0.1) is 23.9 Å². The normalized spacial score (nSPS) is 10.8. The van der Waals surface area contributed by atoms with Crippen LogP contribution in [0, 0.1) is 0 Å². The lowest BCUT2D eigenvalue weighted by atomic mass is 10.1. The second-order valence-corrected chi connectivity index (χ2v) is 5.39. The third-order valence-electron chi connectivity index (χ3n) is 3.88. The highest BCUT2D eigenvalue weighted by molar-refractivity contribution is 6.05. The number of amides is 1. The van der Waals surface area contributed by atoms with Crippen molar-refractivity contribution < 1.29 is 9.90 Å². The standard InChI is InChI=1S/C18H19N3O2/c22-12-11-21(10-9-14-5-2-1-3-6-14)18(23)16-8-4-7-15-13-19-20-17(15)16/h1-8,13,22H,9-12H2,(H,19,20). The van der Waals surface area contributed by atoms with Crippen LogP contribution in [0.4, 0.5) is 0 Å². The molecular weight excluding hydrogens is 290 g/mol. The zero-order chi connectivity index (χ0) is 16.1. The maximum Gasteiger partial charge on any atom is 0.256 e. The minimum absolute atomic E-state index is 0.0561. The number of carbonyl (C=O) groups excluding carboxylic acids is 1. The van der Waals surface area contributed by atoms with Crippen LogP contribution in [0.5, 0.6) is 0 Å². The van der Waals surface area contributed by atoms with E-state index in [1.165, 1.54) is 5.56 Å². The number of rotatable bonds is 6.